The Balaban J connectivity index is 1.54. The highest BCUT2D eigenvalue weighted by atomic mass is 32.2. The highest BCUT2D eigenvalue weighted by Crippen LogP contribution is 2.28. The first-order valence-electron chi connectivity index (χ1n) is 11.8. The van der Waals surface area contributed by atoms with Gasteiger partial charge in [0.25, 0.3) is 10.1 Å². The third-order valence-electron chi connectivity index (χ3n) is 4.81. The lowest BCUT2D eigenvalue weighted by Gasteiger charge is -2.15. The van der Waals surface area contributed by atoms with Gasteiger partial charge in [-0.2, -0.15) is 17.9 Å². The molecule has 0 saturated heterocycles. The average molecular weight is 538 g/mol. The molecule has 0 atom stereocenters. The number of anilines is 2. The smallest absolute Gasteiger partial charge is 0.264 e. The van der Waals surface area contributed by atoms with Crippen LogP contribution in [0, 0.1) is 6.92 Å². The molecule has 4 aromatic heterocycles. The van der Waals surface area contributed by atoms with Crippen molar-refractivity contribution in [3.63, 3.8) is 0 Å². The van der Waals surface area contributed by atoms with Gasteiger partial charge in [-0.3, -0.25) is 8.58 Å². The zero-order chi connectivity index (χ0) is 27.0. The Kier molecular flexibility index (Phi) is 6.60. The highest BCUT2D eigenvalue weighted by molar-refractivity contribution is 7.85. The van der Waals surface area contributed by atoms with Gasteiger partial charge >= 0.3 is 0 Å². The summed E-state index contributed by atoms with van der Waals surface area (Å²) in [5.41, 5.74) is 2.78. The lowest BCUT2D eigenvalue weighted by molar-refractivity contribution is 0.0786. The summed E-state index contributed by atoms with van der Waals surface area (Å²) in [4.78, 5) is 9.06. The summed E-state index contributed by atoms with van der Waals surface area (Å²) in [6, 6.07) is 2.47. The van der Waals surface area contributed by atoms with Crippen LogP contribution >= 0.6 is 11.5 Å². The van der Waals surface area contributed by atoms with Gasteiger partial charge in [-0.25, -0.2) is 14.6 Å². The van der Waals surface area contributed by atoms with Crippen LogP contribution in [0.25, 0.3) is 16.9 Å². The minimum Gasteiger partial charge on any atom is -0.360 e. The molecule has 0 aliphatic heterocycles. The molecule has 11 nitrogen and oxygen atoms in total. The fourth-order valence-corrected chi connectivity index (χ4v) is 4.71. The van der Waals surface area contributed by atoms with Crippen LogP contribution in [0.1, 0.15) is 14.1 Å². The predicted octanol–water partition coefficient (Wildman–Crippen LogP) is 3.89. The Morgan fingerprint density at radius 1 is 1.26 bits per heavy atom. The van der Waals surface area contributed by atoms with E-state index in [1.54, 1.807) is 17.1 Å². The summed E-state index contributed by atoms with van der Waals surface area (Å²) < 4.78 is 56.6. The molecule has 14 heteroatoms. The summed E-state index contributed by atoms with van der Waals surface area (Å²) in [6.45, 7) is 7.27. The summed E-state index contributed by atoms with van der Waals surface area (Å²) in [5.74, 6) is 0.438. The molecule has 1 N–H and O–H groups in total. The van der Waals surface area contributed by atoms with Gasteiger partial charge in [-0.05, 0) is 30.6 Å². The fourth-order valence-electron chi connectivity index (χ4n) is 3.13. The van der Waals surface area contributed by atoms with Crippen molar-refractivity contribution in [1.29, 1.82) is 0 Å². The number of hydrogen-bond acceptors (Lipinski definition) is 10. The van der Waals surface area contributed by atoms with E-state index in [-0.39, 0.29) is 5.69 Å². The summed E-state index contributed by atoms with van der Waals surface area (Å²) in [5, 5.41) is 7.97. The van der Waals surface area contributed by atoms with E-state index < -0.39 is 24.8 Å². The van der Waals surface area contributed by atoms with E-state index in [0.717, 1.165) is 40.8 Å². The molecule has 0 radical (unpaired) electrons. The first kappa shape index (κ1) is 22.8. The van der Waals surface area contributed by atoms with E-state index in [1.807, 2.05) is 23.7 Å². The lowest BCUT2D eigenvalue weighted by Crippen LogP contribution is -2.22. The molecule has 188 valence electrons. The molecule has 4 heterocycles. The molecule has 4 rings (SSSR count). The molecule has 0 aliphatic carbocycles. The number of ether oxygens (including phenoxy) is 1. The SMILES string of the molecule is [2H]C([2H])(OS(C)(=O)=O)c1cc(Nc2nc(C)cn3c(-c4cnn(COCC[Si](C)(C)C)c4)cnc23)sn1. The standard InChI is InChI=1S/C21H29N7O4S2Si/c1-15-11-28-18(16-9-23-27(12-16)14-31-6-7-35(3,4)5)10-22-21(28)20(24-15)25-19-8-17(26-33-19)13-32-34(2,29)30/h8-12H,6-7,13-14H2,1-5H3,(H,24,25)/i13D2. The van der Waals surface area contributed by atoms with Crippen LogP contribution in [0.15, 0.2) is 30.9 Å². The molecule has 0 aromatic carbocycles. The summed E-state index contributed by atoms with van der Waals surface area (Å²) in [6.07, 6.45) is 8.03. The van der Waals surface area contributed by atoms with Crippen LogP contribution in [-0.4, -0.2) is 57.9 Å². The summed E-state index contributed by atoms with van der Waals surface area (Å²) in [7, 11) is -5.17. The zero-order valence-corrected chi connectivity index (χ0v) is 22.8. The Hall–Kier alpha value is -2.65. The maximum absolute atomic E-state index is 11.4. The second-order valence-electron chi connectivity index (χ2n) is 9.28. The van der Waals surface area contributed by atoms with Crippen molar-refractivity contribution in [2.75, 3.05) is 18.2 Å². The van der Waals surface area contributed by atoms with Gasteiger partial charge < -0.3 is 10.1 Å². The first-order chi connectivity index (χ1) is 17.2. The Bertz CT molecular complexity index is 1510. The van der Waals surface area contributed by atoms with Crippen molar-refractivity contribution >= 4 is 46.2 Å². The monoisotopic (exact) mass is 537 g/mol. The van der Waals surface area contributed by atoms with Crippen LogP contribution in [0.5, 0.6) is 0 Å². The number of fused-ring (bicyclic) bond motifs is 1. The van der Waals surface area contributed by atoms with E-state index >= 15 is 0 Å². The molecular formula is C21H29N7O4S2Si. The van der Waals surface area contributed by atoms with Crippen molar-refractivity contribution in [2.45, 2.75) is 45.9 Å². The van der Waals surface area contributed by atoms with Gasteiger partial charge in [0.2, 0.25) is 0 Å². The maximum Gasteiger partial charge on any atom is 0.264 e. The van der Waals surface area contributed by atoms with Gasteiger partial charge in [0.15, 0.2) is 11.5 Å². The van der Waals surface area contributed by atoms with Crippen LogP contribution in [0.3, 0.4) is 0 Å². The lowest BCUT2D eigenvalue weighted by atomic mass is 10.3. The number of aromatic nitrogens is 6. The third-order valence-corrected chi connectivity index (χ3v) is 7.61. The molecular weight excluding hydrogens is 506 g/mol. The Morgan fingerprint density at radius 3 is 2.80 bits per heavy atom. The van der Waals surface area contributed by atoms with E-state index in [2.05, 4.69) is 48.6 Å². The van der Waals surface area contributed by atoms with Gasteiger partial charge in [0, 0.05) is 32.6 Å². The van der Waals surface area contributed by atoms with Crippen molar-refractivity contribution in [1.82, 2.24) is 28.5 Å². The van der Waals surface area contributed by atoms with Crippen LogP contribution < -0.4 is 5.32 Å². The topological polar surface area (TPSA) is 126 Å². The summed E-state index contributed by atoms with van der Waals surface area (Å²) >= 11 is 0.951. The molecule has 0 unspecified atom stereocenters. The Morgan fingerprint density at radius 2 is 2.06 bits per heavy atom. The minimum absolute atomic E-state index is 0.169. The molecule has 0 fully saturated rings. The van der Waals surface area contributed by atoms with Crippen molar-refractivity contribution < 1.29 is 20.1 Å². The van der Waals surface area contributed by atoms with Gasteiger partial charge in [0.1, 0.15) is 18.3 Å². The number of imidazole rings is 1. The predicted molar refractivity (Wildman–Crippen MR) is 138 cm³/mol. The number of hydrogen-bond donors (Lipinski definition) is 1. The van der Waals surface area contributed by atoms with Crippen molar-refractivity contribution in [3.05, 3.63) is 42.2 Å². The van der Waals surface area contributed by atoms with Crippen LogP contribution in [0.4, 0.5) is 10.8 Å². The molecule has 0 bridgehead atoms. The number of rotatable bonds is 11. The first-order valence-corrected chi connectivity index (χ1v) is 17.1. The normalized spacial score (nSPS) is 13.7. The minimum atomic E-state index is -4.02. The fraction of sp³-hybridized carbons (Fsp3) is 0.429. The Labute approximate surface area is 212 Å². The quantitative estimate of drug-likeness (QED) is 0.172. The maximum atomic E-state index is 11.4. The second kappa shape index (κ2) is 10.1. The molecule has 0 spiro atoms. The average Bonchev–Trinajstić information content (AvgIpc) is 3.48. The van der Waals surface area contributed by atoms with Crippen molar-refractivity contribution in [3.8, 4) is 11.3 Å². The largest absolute Gasteiger partial charge is 0.360 e. The third kappa shape index (κ3) is 6.95. The number of nitrogens with zero attached hydrogens (tertiary/aromatic N) is 6. The van der Waals surface area contributed by atoms with E-state index in [1.165, 1.54) is 6.07 Å². The number of aryl methyl sites for hydroxylation is 1. The van der Waals surface area contributed by atoms with Crippen molar-refractivity contribution in [2.24, 2.45) is 0 Å². The molecule has 0 aliphatic rings. The number of nitrogens with one attached hydrogen (secondary N) is 1. The van der Waals surface area contributed by atoms with E-state index in [4.69, 9.17) is 7.48 Å². The van der Waals surface area contributed by atoms with Gasteiger partial charge in [-0.15, -0.1) is 0 Å². The van der Waals surface area contributed by atoms with E-state index in [9.17, 15) is 8.42 Å². The molecule has 35 heavy (non-hydrogen) atoms. The van der Waals surface area contributed by atoms with E-state index in [0.29, 0.717) is 29.8 Å². The zero-order valence-electron chi connectivity index (χ0n) is 22.1. The molecule has 4 aromatic rings. The highest BCUT2D eigenvalue weighted by Gasteiger charge is 2.16. The van der Waals surface area contributed by atoms with Gasteiger partial charge in [0.05, 0.1) is 38.5 Å². The van der Waals surface area contributed by atoms with Gasteiger partial charge in [-0.1, -0.05) is 19.6 Å². The molecule has 0 amide bonds. The molecule has 0 saturated carbocycles. The second-order valence-corrected chi connectivity index (χ2v) is 17.3. The van der Waals surface area contributed by atoms with Crippen LogP contribution in [-0.2, 0) is 32.3 Å². The van der Waals surface area contributed by atoms with Crippen LogP contribution in [0.2, 0.25) is 25.7 Å².